The third-order valence-corrected chi connectivity index (χ3v) is 4.52. The quantitative estimate of drug-likeness (QED) is 0.913. The second-order valence-corrected chi connectivity index (χ2v) is 6.31. The van der Waals surface area contributed by atoms with Crippen LogP contribution in [-0.2, 0) is 6.54 Å². The molecular weight excluding hydrogens is 263 g/mol. The summed E-state index contributed by atoms with van der Waals surface area (Å²) in [6, 6.07) is 4.97. The van der Waals surface area contributed by atoms with Crippen LogP contribution in [0.25, 0.3) is 0 Å². The topological polar surface area (TPSA) is 15.3 Å². The zero-order chi connectivity index (χ0) is 13.9. The van der Waals surface area contributed by atoms with Gasteiger partial charge in [0, 0.05) is 13.1 Å². The number of benzene rings is 1. The minimum atomic E-state index is -0.341. The van der Waals surface area contributed by atoms with Gasteiger partial charge in [0.2, 0.25) is 0 Å². The van der Waals surface area contributed by atoms with Crippen LogP contribution in [0.3, 0.4) is 0 Å². The lowest BCUT2D eigenvalue weighted by Gasteiger charge is -2.38. The zero-order valence-corrected chi connectivity index (χ0v) is 12.4. The van der Waals surface area contributed by atoms with Crippen LogP contribution in [0.5, 0.6) is 0 Å². The van der Waals surface area contributed by atoms with E-state index in [9.17, 15) is 4.39 Å². The standard InChI is InChI=1S/C15H22ClFN2/c1-15(6-8-19(2)9-7-15)11-18-10-12-4-3-5-13(17)14(12)16/h3-5,18H,6-11H2,1-2H3. The van der Waals surface area contributed by atoms with Gasteiger partial charge in [0.05, 0.1) is 5.02 Å². The minimum absolute atomic E-state index is 0.239. The Hall–Kier alpha value is -0.640. The maximum Gasteiger partial charge on any atom is 0.142 e. The van der Waals surface area contributed by atoms with Crippen molar-refractivity contribution in [3.63, 3.8) is 0 Å². The van der Waals surface area contributed by atoms with Gasteiger partial charge >= 0.3 is 0 Å². The van der Waals surface area contributed by atoms with Gasteiger partial charge in [-0.05, 0) is 50.0 Å². The van der Waals surface area contributed by atoms with Gasteiger partial charge in [-0.15, -0.1) is 0 Å². The van der Waals surface area contributed by atoms with E-state index in [1.54, 1.807) is 6.07 Å². The summed E-state index contributed by atoms with van der Waals surface area (Å²) in [6.45, 7) is 6.20. The van der Waals surface area contributed by atoms with Crippen molar-refractivity contribution in [2.24, 2.45) is 5.41 Å². The fraction of sp³-hybridized carbons (Fsp3) is 0.600. The second-order valence-electron chi connectivity index (χ2n) is 5.93. The molecule has 106 valence electrons. The Bertz CT molecular complexity index is 428. The molecule has 1 N–H and O–H groups in total. The smallest absolute Gasteiger partial charge is 0.142 e. The van der Waals surface area contributed by atoms with Gasteiger partial charge in [-0.1, -0.05) is 30.7 Å². The lowest BCUT2D eigenvalue weighted by Crippen LogP contribution is -2.41. The van der Waals surface area contributed by atoms with Crippen molar-refractivity contribution in [1.29, 1.82) is 0 Å². The molecule has 0 aliphatic carbocycles. The molecule has 0 spiro atoms. The highest BCUT2D eigenvalue weighted by Crippen LogP contribution is 2.29. The number of hydrogen-bond donors (Lipinski definition) is 1. The summed E-state index contributed by atoms with van der Waals surface area (Å²) in [7, 11) is 2.17. The molecule has 0 atom stereocenters. The molecule has 1 heterocycles. The van der Waals surface area contributed by atoms with Gasteiger partial charge in [-0.25, -0.2) is 4.39 Å². The van der Waals surface area contributed by atoms with Gasteiger partial charge < -0.3 is 10.2 Å². The molecular formula is C15H22ClFN2. The van der Waals surface area contributed by atoms with Gasteiger partial charge in [-0.2, -0.15) is 0 Å². The van der Waals surface area contributed by atoms with E-state index in [0.29, 0.717) is 12.0 Å². The van der Waals surface area contributed by atoms with Crippen LogP contribution in [-0.4, -0.2) is 31.6 Å². The van der Waals surface area contributed by atoms with Crippen molar-refractivity contribution in [3.05, 3.63) is 34.6 Å². The number of likely N-dealkylation sites (tertiary alicyclic amines) is 1. The molecule has 0 radical (unpaired) electrons. The Morgan fingerprint density at radius 1 is 1.37 bits per heavy atom. The van der Waals surface area contributed by atoms with E-state index in [2.05, 4.69) is 24.2 Å². The third kappa shape index (κ3) is 3.91. The molecule has 2 nitrogen and oxygen atoms in total. The molecule has 1 aromatic carbocycles. The predicted molar refractivity (Wildman–Crippen MR) is 78.0 cm³/mol. The molecule has 2 rings (SSSR count). The first kappa shape index (κ1) is 14.8. The van der Waals surface area contributed by atoms with Crippen LogP contribution in [0.15, 0.2) is 18.2 Å². The van der Waals surface area contributed by atoms with Gasteiger partial charge in [-0.3, -0.25) is 0 Å². The molecule has 0 aromatic heterocycles. The van der Waals surface area contributed by atoms with Crippen LogP contribution >= 0.6 is 11.6 Å². The number of piperidine rings is 1. The number of rotatable bonds is 4. The summed E-state index contributed by atoms with van der Waals surface area (Å²) in [5.74, 6) is -0.341. The van der Waals surface area contributed by atoms with E-state index in [4.69, 9.17) is 11.6 Å². The predicted octanol–water partition coefficient (Wildman–Crippen LogP) is 3.30. The van der Waals surface area contributed by atoms with Crippen LogP contribution in [0, 0.1) is 11.2 Å². The summed E-state index contributed by atoms with van der Waals surface area (Å²) in [6.07, 6.45) is 2.40. The largest absolute Gasteiger partial charge is 0.312 e. The minimum Gasteiger partial charge on any atom is -0.312 e. The normalized spacial score (nSPS) is 19.6. The monoisotopic (exact) mass is 284 g/mol. The maximum absolute atomic E-state index is 13.3. The highest BCUT2D eigenvalue weighted by molar-refractivity contribution is 6.31. The Morgan fingerprint density at radius 2 is 2.05 bits per heavy atom. The first-order valence-electron chi connectivity index (χ1n) is 6.82. The summed E-state index contributed by atoms with van der Waals surface area (Å²) in [5.41, 5.74) is 1.17. The van der Waals surface area contributed by atoms with E-state index < -0.39 is 0 Å². The number of nitrogens with one attached hydrogen (secondary N) is 1. The number of nitrogens with zero attached hydrogens (tertiary/aromatic N) is 1. The molecule has 1 aliphatic rings. The fourth-order valence-corrected chi connectivity index (χ4v) is 2.71. The average molecular weight is 285 g/mol. The Morgan fingerprint density at radius 3 is 2.74 bits per heavy atom. The van der Waals surface area contributed by atoms with Crippen LogP contribution in [0.4, 0.5) is 4.39 Å². The molecule has 1 fully saturated rings. The second kappa shape index (κ2) is 6.21. The maximum atomic E-state index is 13.3. The summed E-state index contributed by atoms with van der Waals surface area (Å²) >= 11 is 5.95. The average Bonchev–Trinajstić information content (AvgIpc) is 2.39. The van der Waals surface area contributed by atoms with E-state index in [1.807, 2.05) is 6.07 Å². The first-order chi connectivity index (χ1) is 9.00. The number of halogens is 2. The van der Waals surface area contributed by atoms with E-state index >= 15 is 0 Å². The molecule has 1 aliphatic heterocycles. The molecule has 4 heteroatoms. The molecule has 1 aromatic rings. The molecule has 0 saturated carbocycles. The van der Waals surface area contributed by atoms with Gasteiger partial charge in [0.25, 0.3) is 0 Å². The van der Waals surface area contributed by atoms with Crippen molar-refractivity contribution >= 4 is 11.6 Å². The number of hydrogen-bond acceptors (Lipinski definition) is 2. The van der Waals surface area contributed by atoms with Crippen molar-refractivity contribution in [2.75, 3.05) is 26.7 Å². The highest BCUT2D eigenvalue weighted by Gasteiger charge is 2.28. The van der Waals surface area contributed by atoms with Crippen molar-refractivity contribution in [2.45, 2.75) is 26.3 Å². The summed E-state index contributed by atoms with van der Waals surface area (Å²) in [4.78, 5) is 2.37. The highest BCUT2D eigenvalue weighted by atomic mass is 35.5. The van der Waals surface area contributed by atoms with Crippen LogP contribution in [0.1, 0.15) is 25.3 Å². The van der Waals surface area contributed by atoms with Crippen molar-refractivity contribution in [1.82, 2.24) is 10.2 Å². The Kier molecular flexibility index (Phi) is 4.82. The third-order valence-electron chi connectivity index (χ3n) is 4.09. The molecule has 1 saturated heterocycles. The zero-order valence-electron chi connectivity index (χ0n) is 11.7. The van der Waals surface area contributed by atoms with Crippen molar-refractivity contribution < 1.29 is 4.39 Å². The summed E-state index contributed by atoms with van der Waals surface area (Å²) in [5, 5.41) is 3.66. The molecule has 19 heavy (non-hydrogen) atoms. The SMILES string of the molecule is CN1CCC(C)(CNCc2cccc(F)c2Cl)CC1. The van der Waals surface area contributed by atoms with Crippen LogP contribution in [0.2, 0.25) is 5.02 Å². The Balaban J connectivity index is 1.85. The van der Waals surface area contributed by atoms with Crippen molar-refractivity contribution in [3.8, 4) is 0 Å². The fourth-order valence-electron chi connectivity index (χ4n) is 2.52. The lowest BCUT2D eigenvalue weighted by atomic mass is 9.80. The van der Waals surface area contributed by atoms with Gasteiger partial charge in [0.15, 0.2) is 0 Å². The molecule has 0 unspecified atom stereocenters. The van der Waals surface area contributed by atoms with Crippen LogP contribution < -0.4 is 5.32 Å². The van der Waals surface area contributed by atoms with E-state index in [-0.39, 0.29) is 10.8 Å². The van der Waals surface area contributed by atoms with E-state index in [1.165, 1.54) is 18.9 Å². The molecule has 0 bridgehead atoms. The Labute approximate surface area is 119 Å². The summed E-state index contributed by atoms with van der Waals surface area (Å²) < 4.78 is 13.3. The first-order valence-corrected chi connectivity index (χ1v) is 7.20. The lowest BCUT2D eigenvalue weighted by molar-refractivity contribution is 0.137. The molecule has 0 amide bonds. The van der Waals surface area contributed by atoms with E-state index in [0.717, 1.165) is 25.2 Å². The van der Waals surface area contributed by atoms with Gasteiger partial charge in [0.1, 0.15) is 5.82 Å².